The molecule has 3 heterocycles. The molecule has 2 N–H and O–H groups in total. The maximum Gasteiger partial charge on any atom is 0.160 e. The van der Waals surface area contributed by atoms with E-state index in [9.17, 15) is 8.60 Å². The molecule has 0 amide bonds. The van der Waals surface area contributed by atoms with E-state index in [0.29, 0.717) is 24.4 Å². The lowest BCUT2D eigenvalue weighted by Crippen LogP contribution is -2.24. The number of rotatable bonds is 4. The Bertz CT molecular complexity index is 1220. The van der Waals surface area contributed by atoms with E-state index in [1.165, 1.54) is 12.1 Å². The molecule has 8 heteroatoms. The molecule has 5 rings (SSSR count). The van der Waals surface area contributed by atoms with Crippen molar-refractivity contribution < 1.29 is 13.3 Å². The first-order chi connectivity index (χ1) is 14.2. The van der Waals surface area contributed by atoms with Crippen molar-refractivity contribution in [1.29, 1.82) is 0 Å². The van der Waals surface area contributed by atoms with Crippen LogP contribution in [0, 0.1) is 5.82 Å². The van der Waals surface area contributed by atoms with Crippen LogP contribution in [-0.4, -0.2) is 37.9 Å². The minimum atomic E-state index is -1.11. The Labute approximate surface area is 168 Å². The molecular weight excluding hydrogens is 391 g/mol. The van der Waals surface area contributed by atoms with Crippen LogP contribution in [0.3, 0.4) is 0 Å². The zero-order valence-electron chi connectivity index (χ0n) is 15.5. The number of nitrogens with zero attached hydrogens (tertiary/aromatic N) is 2. The van der Waals surface area contributed by atoms with Gasteiger partial charge in [0.05, 0.1) is 27.5 Å². The molecule has 6 nitrogen and oxygen atoms in total. The van der Waals surface area contributed by atoms with E-state index in [-0.39, 0.29) is 11.1 Å². The summed E-state index contributed by atoms with van der Waals surface area (Å²) in [6, 6.07) is 12.0. The first-order valence-corrected chi connectivity index (χ1v) is 10.7. The summed E-state index contributed by atoms with van der Waals surface area (Å²) in [4.78, 5) is 5.19. The summed E-state index contributed by atoms with van der Waals surface area (Å²) in [5.41, 5.74) is 2.31. The number of aromatic amines is 1. The highest BCUT2D eigenvalue weighted by atomic mass is 32.2. The Morgan fingerprint density at radius 1 is 1.10 bits per heavy atom. The second kappa shape index (κ2) is 7.53. The molecule has 0 saturated carbocycles. The molecule has 0 radical (unpaired) electrons. The summed E-state index contributed by atoms with van der Waals surface area (Å²) in [5, 5.41) is 12.1. The molecule has 4 aromatic rings. The number of H-pyrrole nitrogens is 1. The fourth-order valence-corrected chi connectivity index (χ4v) is 5.09. The second-order valence-corrected chi connectivity index (χ2v) is 8.77. The molecule has 1 saturated heterocycles. The molecule has 2 aromatic carbocycles. The third kappa shape index (κ3) is 3.49. The minimum absolute atomic E-state index is 0.104. The van der Waals surface area contributed by atoms with Gasteiger partial charge < -0.3 is 10.1 Å². The number of halogens is 1. The van der Waals surface area contributed by atoms with Gasteiger partial charge in [-0.1, -0.05) is 0 Å². The first kappa shape index (κ1) is 18.2. The number of hydrogen-bond donors (Lipinski definition) is 2. The van der Waals surface area contributed by atoms with Crippen LogP contribution >= 0.6 is 0 Å². The van der Waals surface area contributed by atoms with E-state index in [0.717, 1.165) is 39.8 Å². The number of aromatic nitrogens is 3. The molecule has 0 aliphatic carbocycles. The zero-order chi connectivity index (χ0) is 19.8. The first-order valence-electron chi connectivity index (χ1n) is 9.47. The average Bonchev–Trinajstić information content (AvgIpc) is 3.15. The second-order valence-electron chi connectivity index (χ2n) is 7.03. The Balaban J connectivity index is 1.53. The van der Waals surface area contributed by atoms with Crippen LogP contribution in [0.15, 0.2) is 53.6 Å². The number of benzene rings is 2. The van der Waals surface area contributed by atoms with E-state index >= 15 is 0 Å². The molecule has 148 valence electrons. The number of nitrogens with one attached hydrogen (secondary N) is 2. The van der Waals surface area contributed by atoms with Crippen LogP contribution in [0.1, 0.15) is 12.8 Å². The van der Waals surface area contributed by atoms with E-state index in [4.69, 9.17) is 4.74 Å². The van der Waals surface area contributed by atoms with Gasteiger partial charge in [0.2, 0.25) is 0 Å². The predicted octanol–water partition coefficient (Wildman–Crippen LogP) is 4.28. The lowest BCUT2D eigenvalue weighted by molar-refractivity contribution is 0.0992. The Morgan fingerprint density at radius 2 is 1.97 bits per heavy atom. The number of pyridine rings is 1. The van der Waals surface area contributed by atoms with Crippen molar-refractivity contribution in [2.45, 2.75) is 23.0 Å². The van der Waals surface area contributed by atoms with Gasteiger partial charge in [0.1, 0.15) is 5.82 Å². The van der Waals surface area contributed by atoms with E-state index in [1.807, 2.05) is 24.3 Å². The summed E-state index contributed by atoms with van der Waals surface area (Å²) >= 11 is 0. The molecule has 0 spiro atoms. The Hall–Kier alpha value is -2.84. The van der Waals surface area contributed by atoms with Crippen molar-refractivity contribution in [3.63, 3.8) is 0 Å². The van der Waals surface area contributed by atoms with Crippen LogP contribution < -0.4 is 5.32 Å². The lowest BCUT2D eigenvalue weighted by Gasteiger charge is -2.21. The molecule has 1 unspecified atom stereocenters. The molecule has 1 atom stereocenters. The van der Waals surface area contributed by atoms with E-state index in [1.54, 1.807) is 12.3 Å². The van der Waals surface area contributed by atoms with Gasteiger partial charge in [-0.05, 0) is 55.3 Å². The van der Waals surface area contributed by atoms with Gasteiger partial charge >= 0.3 is 0 Å². The average molecular weight is 410 g/mol. The van der Waals surface area contributed by atoms with Crippen molar-refractivity contribution in [2.24, 2.45) is 0 Å². The number of hydrogen-bond acceptors (Lipinski definition) is 5. The fraction of sp³-hybridized carbons (Fsp3) is 0.238. The van der Waals surface area contributed by atoms with Gasteiger partial charge in [-0.3, -0.25) is 14.3 Å². The summed E-state index contributed by atoms with van der Waals surface area (Å²) in [7, 11) is -1.11. The van der Waals surface area contributed by atoms with Crippen LogP contribution in [0.25, 0.3) is 21.8 Å². The predicted molar refractivity (Wildman–Crippen MR) is 111 cm³/mol. The molecule has 1 fully saturated rings. The van der Waals surface area contributed by atoms with Crippen molar-refractivity contribution in [2.75, 3.05) is 18.5 Å². The highest BCUT2D eigenvalue weighted by Gasteiger charge is 2.22. The van der Waals surface area contributed by atoms with Crippen LogP contribution in [0.4, 0.5) is 15.9 Å². The minimum Gasteiger partial charge on any atom is -0.381 e. The number of ether oxygens (including phenoxy) is 1. The maximum absolute atomic E-state index is 13.7. The maximum atomic E-state index is 13.7. The van der Waals surface area contributed by atoms with Crippen molar-refractivity contribution in [1.82, 2.24) is 15.2 Å². The molecule has 0 bridgehead atoms. The summed E-state index contributed by atoms with van der Waals surface area (Å²) < 4.78 is 32.1. The van der Waals surface area contributed by atoms with Gasteiger partial charge in [0, 0.05) is 40.3 Å². The smallest absolute Gasteiger partial charge is 0.160 e. The number of fused-ring (bicyclic) bond motifs is 2. The Morgan fingerprint density at radius 3 is 2.83 bits per heavy atom. The van der Waals surface area contributed by atoms with Crippen LogP contribution in [0.2, 0.25) is 0 Å². The molecule has 2 aromatic heterocycles. The SMILES string of the molecule is O=S(c1ccc2nccc(Nc3n[nH]c4ccc(F)cc34)c2c1)C1CCOCC1. The standard InChI is InChI=1S/C21H19FN4O2S/c22-13-1-3-20-17(11-13)21(26-25-20)24-19-5-8-23-18-4-2-15(12-16(18)19)29(27)14-6-9-28-10-7-14/h1-5,8,11-12,14H,6-7,9-10H2,(H2,23,24,25,26). The lowest BCUT2D eigenvalue weighted by atomic mass is 10.2. The highest BCUT2D eigenvalue weighted by Crippen LogP contribution is 2.31. The van der Waals surface area contributed by atoms with Gasteiger partial charge in [-0.2, -0.15) is 5.10 Å². The quantitative estimate of drug-likeness (QED) is 0.525. The number of anilines is 2. The highest BCUT2D eigenvalue weighted by molar-refractivity contribution is 7.85. The van der Waals surface area contributed by atoms with E-state index in [2.05, 4.69) is 20.5 Å². The molecule has 29 heavy (non-hydrogen) atoms. The third-order valence-electron chi connectivity index (χ3n) is 5.19. The Kier molecular flexibility index (Phi) is 4.73. The van der Waals surface area contributed by atoms with Gasteiger partial charge in [0.15, 0.2) is 5.82 Å². The van der Waals surface area contributed by atoms with E-state index < -0.39 is 10.8 Å². The van der Waals surface area contributed by atoms with Gasteiger partial charge in [0.25, 0.3) is 0 Å². The van der Waals surface area contributed by atoms with Crippen molar-refractivity contribution >= 4 is 44.1 Å². The van der Waals surface area contributed by atoms with Crippen LogP contribution in [0.5, 0.6) is 0 Å². The van der Waals surface area contributed by atoms with Crippen molar-refractivity contribution in [3.8, 4) is 0 Å². The normalized spacial score (nSPS) is 16.3. The molecule has 1 aliphatic heterocycles. The van der Waals surface area contributed by atoms with Crippen LogP contribution in [-0.2, 0) is 15.5 Å². The molecule has 1 aliphatic rings. The largest absolute Gasteiger partial charge is 0.381 e. The topological polar surface area (TPSA) is 79.9 Å². The fourth-order valence-electron chi connectivity index (χ4n) is 3.65. The van der Waals surface area contributed by atoms with Crippen molar-refractivity contribution in [3.05, 3.63) is 54.5 Å². The monoisotopic (exact) mass is 410 g/mol. The third-order valence-corrected chi connectivity index (χ3v) is 6.99. The molecular formula is C21H19FN4O2S. The summed E-state index contributed by atoms with van der Waals surface area (Å²) in [6.07, 6.45) is 3.30. The van der Waals surface area contributed by atoms with Gasteiger partial charge in [-0.25, -0.2) is 4.39 Å². The summed E-state index contributed by atoms with van der Waals surface area (Å²) in [5.74, 6) is 0.207. The van der Waals surface area contributed by atoms with Gasteiger partial charge in [-0.15, -0.1) is 0 Å². The summed E-state index contributed by atoms with van der Waals surface area (Å²) in [6.45, 7) is 1.31. The zero-order valence-corrected chi connectivity index (χ0v) is 16.3.